The molecule has 0 atom stereocenters. The van der Waals surface area contributed by atoms with Crippen molar-refractivity contribution in [3.05, 3.63) is 37.0 Å². The van der Waals surface area contributed by atoms with Crippen LogP contribution in [-0.2, 0) is 0 Å². The summed E-state index contributed by atoms with van der Waals surface area (Å²) in [7, 11) is 0. The van der Waals surface area contributed by atoms with Crippen molar-refractivity contribution < 1.29 is 0 Å². The maximum atomic E-state index is 3.71. The van der Waals surface area contributed by atoms with Gasteiger partial charge in [0.1, 0.15) is 0 Å². The van der Waals surface area contributed by atoms with Gasteiger partial charge in [-0.2, -0.15) is 0 Å². The van der Waals surface area contributed by atoms with Crippen LogP contribution >= 0.6 is 0 Å². The molecule has 0 aliphatic heterocycles. The fourth-order valence-corrected chi connectivity index (χ4v) is 0.365. The van der Waals surface area contributed by atoms with Gasteiger partial charge in [0.05, 0.1) is 0 Å². The van der Waals surface area contributed by atoms with Crippen LogP contribution in [0, 0.1) is 0 Å². The summed E-state index contributed by atoms with van der Waals surface area (Å²) in [5.74, 6) is 0. The van der Waals surface area contributed by atoms with Crippen molar-refractivity contribution in [2.75, 3.05) is 0 Å². The molecule has 0 radical (unpaired) electrons. The van der Waals surface area contributed by atoms with E-state index in [0.717, 1.165) is 12.0 Å². The summed E-state index contributed by atoms with van der Waals surface area (Å²) in [6.45, 7) is 17.3. The molecule has 72 valence electrons. The van der Waals surface area contributed by atoms with Crippen molar-refractivity contribution in [2.24, 2.45) is 0 Å². The van der Waals surface area contributed by atoms with Crippen LogP contribution in [0.15, 0.2) is 37.0 Å². The van der Waals surface area contributed by atoms with Crippen LogP contribution < -0.4 is 0 Å². The molecule has 0 heterocycles. The predicted octanol–water partition coefficient (Wildman–Crippen LogP) is 4.75. The lowest BCUT2D eigenvalue weighted by molar-refractivity contribution is 1.38. The van der Waals surface area contributed by atoms with E-state index in [1.807, 2.05) is 52.8 Å². The molecule has 0 aromatic rings. The van der Waals surface area contributed by atoms with Crippen LogP contribution in [0.3, 0.4) is 0 Å². The third kappa shape index (κ3) is 35.0. The Bertz CT molecular complexity index is 107. The van der Waals surface area contributed by atoms with E-state index in [4.69, 9.17) is 0 Å². The predicted molar refractivity (Wildman–Crippen MR) is 61.5 cm³/mol. The van der Waals surface area contributed by atoms with E-state index in [2.05, 4.69) is 13.2 Å². The molecule has 0 bridgehead atoms. The molecule has 0 aromatic carbocycles. The van der Waals surface area contributed by atoms with Gasteiger partial charge in [-0.15, -0.1) is 6.58 Å². The summed E-state index contributed by atoms with van der Waals surface area (Å²) in [6.07, 6.45) is 6.82. The molecule has 0 rings (SSSR count). The zero-order chi connectivity index (χ0) is 10.4. The minimum atomic E-state index is 0.937. The van der Waals surface area contributed by atoms with Gasteiger partial charge in [-0.25, -0.2) is 0 Å². The standard InChI is InChI=1S/C8H12.2C2H6/c1-4-5-6-7-8(2)3;2*1-2/h4,6-7H,1-2,5H2,3H3;2*1-2H3/b7-6-;;. The summed E-state index contributed by atoms with van der Waals surface area (Å²) in [5.41, 5.74) is 1.09. The van der Waals surface area contributed by atoms with E-state index >= 15 is 0 Å². The summed E-state index contributed by atoms with van der Waals surface area (Å²) in [5, 5.41) is 0. The maximum absolute atomic E-state index is 3.71. The molecule has 0 nitrogen and oxygen atoms in total. The van der Waals surface area contributed by atoms with Gasteiger partial charge in [0.25, 0.3) is 0 Å². The van der Waals surface area contributed by atoms with Crippen molar-refractivity contribution in [2.45, 2.75) is 41.0 Å². The quantitative estimate of drug-likeness (QED) is 0.421. The lowest BCUT2D eigenvalue weighted by Crippen LogP contribution is -1.59. The third-order valence-corrected chi connectivity index (χ3v) is 0.705. The fraction of sp³-hybridized carbons (Fsp3) is 0.500. The Balaban J connectivity index is -0.000000175. The first-order valence-corrected chi connectivity index (χ1v) is 4.70. The smallest absolute Gasteiger partial charge is 0.0169 e. The first-order valence-electron chi connectivity index (χ1n) is 4.70. The Morgan fingerprint density at radius 3 is 1.83 bits per heavy atom. The first-order chi connectivity index (χ1) is 5.77. The lowest BCUT2D eigenvalue weighted by Gasteiger charge is -1.81. The second kappa shape index (κ2) is 22.5. The van der Waals surface area contributed by atoms with Gasteiger partial charge >= 0.3 is 0 Å². The van der Waals surface area contributed by atoms with E-state index in [1.54, 1.807) is 0 Å². The van der Waals surface area contributed by atoms with E-state index in [-0.39, 0.29) is 0 Å². The Labute approximate surface area is 78.7 Å². The molecule has 0 saturated heterocycles. The van der Waals surface area contributed by atoms with Gasteiger partial charge in [-0.05, 0) is 13.3 Å². The van der Waals surface area contributed by atoms with Crippen molar-refractivity contribution in [1.29, 1.82) is 0 Å². The summed E-state index contributed by atoms with van der Waals surface area (Å²) >= 11 is 0. The highest BCUT2D eigenvalue weighted by atomic mass is 13.8. The highest BCUT2D eigenvalue weighted by Gasteiger charge is 1.69. The Hall–Kier alpha value is -0.780. The Morgan fingerprint density at radius 1 is 1.17 bits per heavy atom. The molecular formula is C12H24. The molecule has 0 saturated carbocycles. The maximum Gasteiger partial charge on any atom is -0.0169 e. The fourth-order valence-electron chi connectivity index (χ4n) is 0.365. The first kappa shape index (κ1) is 17.3. The minimum Gasteiger partial charge on any atom is -0.103 e. The van der Waals surface area contributed by atoms with E-state index in [0.29, 0.717) is 0 Å². The lowest BCUT2D eigenvalue weighted by atomic mass is 10.3. The zero-order valence-corrected chi connectivity index (χ0v) is 9.35. The zero-order valence-electron chi connectivity index (χ0n) is 9.35. The summed E-state index contributed by atoms with van der Waals surface area (Å²) < 4.78 is 0. The molecule has 0 unspecified atom stereocenters. The van der Waals surface area contributed by atoms with Gasteiger partial charge in [0.2, 0.25) is 0 Å². The Morgan fingerprint density at radius 2 is 1.58 bits per heavy atom. The van der Waals surface area contributed by atoms with Crippen LogP contribution in [0.25, 0.3) is 0 Å². The summed E-state index contributed by atoms with van der Waals surface area (Å²) in [4.78, 5) is 0. The normalized spacial score (nSPS) is 7.42. The van der Waals surface area contributed by atoms with Crippen molar-refractivity contribution in [3.8, 4) is 0 Å². The van der Waals surface area contributed by atoms with Crippen molar-refractivity contribution in [3.63, 3.8) is 0 Å². The van der Waals surface area contributed by atoms with Crippen LogP contribution in [0.4, 0.5) is 0 Å². The van der Waals surface area contributed by atoms with Crippen LogP contribution in [0.5, 0.6) is 0 Å². The molecule has 0 aromatic heterocycles. The molecular weight excluding hydrogens is 144 g/mol. The van der Waals surface area contributed by atoms with Crippen molar-refractivity contribution >= 4 is 0 Å². The Kier molecular flexibility index (Phi) is 32.5. The largest absolute Gasteiger partial charge is 0.103 e. The second-order valence-corrected chi connectivity index (χ2v) is 1.77. The van der Waals surface area contributed by atoms with Gasteiger partial charge in [0.15, 0.2) is 0 Å². The van der Waals surface area contributed by atoms with E-state index < -0.39 is 0 Å². The minimum absolute atomic E-state index is 0.937. The number of hydrogen-bond acceptors (Lipinski definition) is 0. The molecule has 0 aliphatic rings. The summed E-state index contributed by atoms with van der Waals surface area (Å²) in [6, 6.07) is 0. The van der Waals surface area contributed by atoms with Crippen LogP contribution in [0.2, 0.25) is 0 Å². The highest BCUT2D eigenvalue weighted by molar-refractivity contribution is 5.11. The molecule has 0 heteroatoms. The van der Waals surface area contributed by atoms with Gasteiger partial charge in [0, 0.05) is 0 Å². The van der Waals surface area contributed by atoms with Crippen LogP contribution in [0.1, 0.15) is 41.0 Å². The third-order valence-electron chi connectivity index (χ3n) is 0.705. The number of allylic oxidation sites excluding steroid dienone is 4. The topological polar surface area (TPSA) is 0 Å². The van der Waals surface area contributed by atoms with E-state index in [9.17, 15) is 0 Å². The highest BCUT2D eigenvalue weighted by Crippen LogP contribution is 1.90. The molecule has 0 aliphatic carbocycles. The average Bonchev–Trinajstić information content (AvgIpc) is 2.12. The number of rotatable bonds is 3. The molecule has 0 amide bonds. The van der Waals surface area contributed by atoms with E-state index in [1.165, 1.54) is 0 Å². The number of hydrogen-bond donors (Lipinski definition) is 0. The van der Waals surface area contributed by atoms with Gasteiger partial charge in [-0.3, -0.25) is 0 Å². The molecule has 0 N–H and O–H groups in total. The van der Waals surface area contributed by atoms with Gasteiger partial charge < -0.3 is 0 Å². The SMILES string of the molecule is C=CC/C=C\C(=C)C.CC.CC. The molecule has 0 fully saturated rings. The monoisotopic (exact) mass is 168 g/mol. The molecule has 12 heavy (non-hydrogen) atoms. The van der Waals surface area contributed by atoms with Gasteiger partial charge in [-0.1, -0.05) is 58.1 Å². The second-order valence-electron chi connectivity index (χ2n) is 1.77. The van der Waals surface area contributed by atoms with Crippen molar-refractivity contribution in [1.82, 2.24) is 0 Å². The van der Waals surface area contributed by atoms with Crippen LogP contribution in [-0.4, -0.2) is 0 Å². The molecule has 0 spiro atoms. The average molecular weight is 168 g/mol.